The average Bonchev–Trinajstić information content (AvgIpc) is 3.15. The minimum absolute atomic E-state index is 0.0520. The zero-order valence-corrected chi connectivity index (χ0v) is 19.5. The molecule has 5 nitrogen and oxygen atoms in total. The Morgan fingerprint density at radius 1 is 0.882 bits per heavy atom. The Hall–Kier alpha value is -3.44. The highest BCUT2D eigenvalue weighted by molar-refractivity contribution is 6.09. The summed E-state index contributed by atoms with van der Waals surface area (Å²) in [6, 6.07) is 30.2. The fourth-order valence-corrected chi connectivity index (χ4v) is 5.35. The predicted octanol–water partition coefficient (Wildman–Crippen LogP) is 4.04. The maximum atomic E-state index is 14.0. The third-order valence-corrected chi connectivity index (χ3v) is 7.10. The number of guanidine groups is 1. The zero-order valence-electron chi connectivity index (χ0n) is 19.5. The molecular formula is C29H32N4O. The molecule has 0 bridgehead atoms. The third-order valence-electron chi connectivity index (χ3n) is 7.10. The first kappa shape index (κ1) is 22.4. The Labute approximate surface area is 201 Å². The van der Waals surface area contributed by atoms with Crippen molar-refractivity contribution in [2.45, 2.75) is 24.8 Å². The summed E-state index contributed by atoms with van der Waals surface area (Å²) in [6.07, 6.45) is 3.29. The maximum Gasteiger partial charge on any atom is 0.266 e. The van der Waals surface area contributed by atoms with E-state index in [0.717, 1.165) is 50.0 Å². The van der Waals surface area contributed by atoms with Crippen LogP contribution in [0.25, 0.3) is 0 Å². The van der Waals surface area contributed by atoms with Crippen molar-refractivity contribution >= 4 is 11.9 Å². The lowest BCUT2D eigenvalue weighted by Gasteiger charge is -2.35. The largest absolute Gasteiger partial charge is 0.369 e. The van der Waals surface area contributed by atoms with Crippen LogP contribution >= 0.6 is 0 Å². The fraction of sp³-hybridized carbons (Fsp3) is 0.310. The van der Waals surface area contributed by atoms with E-state index in [9.17, 15) is 4.79 Å². The fourth-order valence-electron chi connectivity index (χ4n) is 5.35. The normalized spacial score (nSPS) is 20.4. The highest BCUT2D eigenvalue weighted by atomic mass is 16.2. The summed E-state index contributed by atoms with van der Waals surface area (Å²) in [5.41, 5.74) is 8.40. The summed E-state index contributed by atoms with van der Waals surface area (Å²) in [4.78, 5) is 23.1. The average molecular weight is 453 g/mol. The molecule has 0 aromatic heterocycles. The Morgan fingerprint density at radius 2 is 1.47 bits per heavy atom. The monoisotopic (exact) mass is 452 g/mol. The first-order valence-electron chi connectivity index (χ1n) is 12.2. The SMILES string of the molecule is NC1=NC(c2ccccc2)(c2ccccc2)C(=O)N1C[C@H]1CCCN(CCc2ccccc2)C1. The maximum absolute atomic E-state index is 14.0. The second-order valence-corrected chi connectivity index (χ2v) is 9.37. The van der Waals surface area contributed by atoms with E-state index >= 15 is 0 Å². The van der Waals surface area contributed by atoms with Crippen LogP contribution in [0.5, 0.6) is 0 Å². The number of rotatable bonds is 7. The van der Waals surface area contributed by atoms with Gasteiger partial charge >= 0.3 is 0 Å². The molecule has 0 aliphatic carbocycles. The Kier molecular flexibility index (Phi) is 6.45. The molecule has 0 radical (unpaired) electrons. The molecule has 1 atom stereocenters. The van der Waals surface area contributed by atoms with Gasteiger partial charge in [-0.1, -0.05) is 91.0 Å². The number of hydrogen-bond acceptors (Lipinski definition) is 4. The highest BCUT2D eigenvalue weighted by Gasteiger charge is 2.50. The molecule has 174 valence electrons. The van der Waals surface area contributed by atoms with E-state index in [1.54, 1.807) is 4.90 Å². The molecule has 2 N–H and O–H groups in total. The van der Waals surface area contributed by atoms with Crippen molar-refractivity contribution in [2.75, 3.05) is 26.2 Å². The molecule has 2 heterocycles. The Bertz CT molecular complexity index is 1090. The number of carbonyl (C=O) groups excluding carboxylic acids is 1. The molecule has 5 rings (SSSR count). The molecular weight excluding hydrogens is 420 g/mol. The van der Waals surface area contributed by atoms with Gasteiger partial charge in [0.1, 0.15) is 0 Å². The number of carbonyl (C=O) groups is 1. The van der Waals surface area contributed by atoms with Crippen LogP contribution in [0.1, 0.15) is 29.5 Å². The van der Waals surface area contributed by atoms with Gasteiger partial charge in [-0.3, -0.25) is 9.69 Å². The van der Waals surface area contributed by atoms with Crippen LogP contribution in [0, 0.1) is 5.92 Å². The number of likely N-dealkylation sites (tertiary alicyclic amines) is 1. The van der Waals surface area contributed by atoms with Crippen LogP contribution < -0.4 is 5.73 Å². The highest BCUT2D eigenvalue weighted by Crippen LogP contribution is 2.40. The summed E-state index contributed by atoms with van der Waals surface area (Å²) in [5, 5.41) is 0. The minimum atomic E-state index is -1.12. The van der Waals surface area contributed by atoms with Gasteiger partial charge in [-0.15, -0.1) is 0 Å². The quantitative estimate of drug-likeness (QED) is 0.589. The third kappa shape index (κ3) is 4.36. The van der Waals surface area contributed by atoms with Crippen LogP contribution in [0.4, 0.5) is 0 Å². The molecule has 3 aromatic rings. The van der Waals surface area contributed by atoms with E-state index < -0.39 is 5.54 Å². The summed E-state index contributed by atoms with van der Waals surface area (Å²) in [5.74, 6) is 0.646. The predicted molar refractivity (Wildman–Crippen MR) is 136 cm³/mol. The standard InChI is InChI=1S/C29H32N4O/c30-28-31-29(25-14-6-2-7-15-25,26-16-8-3-9-17-26)27(34)33(28)22-24-13-10-19-32(21-24)20-18-23-11-4-1-5-12-23/h1-9,11-12,14-17,24H,10,13,18-22H2,(H2,30,31)/t24-/m0/s1. The van der Waals surface area contributed by atoms with Gasteiger partial charge in [0, 0.05) is 19.6 Å². The number of aliphatic imine (C=N–C) groups is 1. The molecule has 0 saturated carbocycles. The van der Waals surface area contributed by atoms with E-state index in [1.807, 2.05) is 60.7 Å². The van der Waals surface area contributed by atoms with E-state index in [4.69, 9.17) is 10.7 Å². The van der Waals surface area contributed by atoms with Gasteiger partial charge in [0.15, 0.2) is 11.5 Å². The van der Waals surface area contributed by atoms with Crippen molar-refractivity contribution in [1.82, 2.24) is 9.80 Å². The number of nitrogens with zero attached hydrogens (tertiary/aromatic N) is 3. The number of nitrogens with two attached hydrogens (primary N) is 1. The topological polar surface area (TPSA) is 61.9 Å². The van der Waals surface area contributed by atoms with E-state index in [0.29, 0.717) is 18.4 Å². The van der Waals surface area contributed by atoms with Crippen LogP contribution in [-0.4, -0.2) is 47.8 Å². The molecule has 1 amide bonds. The van der Waals surface area contributed by atoms with Crippen LogP contribution in [0.2, 0.25) is 0 Å². The van der Waals surface area contributed by atoms with Crippen LogP contribution in [0.15, 0.2) is 96.0 Å². The van der Waals surface area contributed by atoms with Crippen molar-refractivity contribution in [2.24, 2.45) is 16.6 Å². The second kappa shape index (κ2) is 9.82. The number of piperidine rings is 1. The van der Waals surface area contributed by atoms with Gasteiger partial charge in [-0.25, -0.2) is 4.99 Å². The molecule has 2 aliphatic heterocycles. The molecule has 34 heavy (non-hydrogen) atoms. The first-order valence-corrected chi connectivity index (χ1v) is 12.2. The van der Waals surface area contributed by atoms with Gasteiger partial charge in [0.25, 0.3) is 5.91 Å². The minimum Gasteiger partial charge on any atom is -0.369 e. The van der Waals surface area contributed by atoms with Crippen molar-refractivity contribution in [3.8, 4) is 0 Å². The Morgan fingerprint density at radius 3 is 2.09 bits per heavy atom. The van der Waals surface area contributed by atoms with Gasteiger partial charge < -0.3 is 10.6 Å². The molecule has 1 fully saturated rings. The van der Waals surface area contributed by atoms with Crippen molar-refractivity contribution in [1.29, 1.82) is 0 Å². The summed E-state index contributed by atoms with van der Waals surface area (Å²) in [7, 11) is 0. The van der Waals surface area contributed by atoms with Gasteiger partial charge in [0.05, 0.1) is 0 Å². The summed E-state index contributed by atoms with van der Waals surface area (Å²) < 4.78 is 0. The lowest BCUT2D eigenvalue weighted by atomic mass is 9.82. The van der Waals surface area contributed by atoms with Crippen molar-refractivity contribution < 1.29 is 4.79 Å². The van der Waals surface area contributed by atoms with Crippen molar-refractivity contribution in [3.05, 3.63) is 108 Å². The van der Waals surface area contributed by atoms with Crippen LogP contribution in [-0.2, 0) is 16.8 Å². The number of benzene rings is 3. The molecule has 5 heteroatoms. The van der Waals surface area contributed by atoms with E-state index in [1.165, 1.54) is 5.56 Å². The van der Waals surface area contributed by atoms with E-state index in [2.05, 4.69) is 35.2 Å². The zero-order chi connectivity index (χ0) is 23.4. The summed E-state index contributed by atoms with van der Waals surface area (Å²) >= 11 is 0. The van der Waals surface area contributed by atoms with E-state index in [-0.39, 0.29) is 5.91 Å². The molecule has 3 aromatic carbocycles. The van der Waals surface area contributed by atoms with Gasteiger partial charge in [-0.05, 0) is 48.4 Å². The van der Waals surface area contributed by atoms with Gasteiger partial charge in [-0.2, -0.15) is 0 Å². The lowest BCUT2D eigenvalue weighted by Crippen LogP contribution is -2.48. The first-order chi connectivity index (χ1) is 16.7. The molecule has 0 unspecified atom stereocenters. The lowest BCUT2D eigenvalue weighted by molar-refractivity contribution is -0.130. The smallest absolute Gasteiger partial charge is 0.266 e. The molecule has 1 saturated heterocycles. The molecule has 2 aliphatic rings. The Balaban J connectivity index is 1.33. The number of hydrogen-bond donors (Lipinski definition) is 1. The number of amides is 1. The van der Waals surface area contributed by atoms with Gasteiger partial charge in [0.2, 0.25) is 0 Å². The second-order valence-electron chi connectivity index (χ2n) is 9.37. The summed E-state index contributed by atoms with van der Waals surface area (Å²) in [6.45, 7) is 3.74. The van der Waals surface area contributed by atoms with Crippen LogP contribution in [0.3, 0.4) is 0 Å². The molecule has 0 spiro atoms. The van der Waals surface area contributed by atoms with Crippen molar-refractivity contribution in [3.63, 3.8) is 0 Å².